The van der Waals surface area contributed by atoms with Crippen LogP contribution >= 0.6 is 11.8 Å². The summed E-state index contributed by atoms with van der Waals surface area (Å²) in [5.41, 5.74) is 0.380. The van der Waals surface area contributed by atoms with Crippen LogP contribution in [0.15, 0.2) is 4.99 Å². The molecule has 96 valence electrons. The third-order valence-corrected chi connectivity index (χ3v) is 5.66. The average Bonchev–Trinajstić information content (AvgIpc) is 2.34. The van der Waals surface area contributed by atoms with Gasteiger partial charge in [0.05, 0.1) is 0 Å². The maximum absolute atomic E-state index is 4.71. The van der Waals surface area contributed by atoms with Crippen molar-refractivity contribution in [1.29, 1.82) is 0 Å². The molecule has 4 rings (SSSR count). The molecule has 3 nitrogen and oxygen atoms in total. The molecule has 3 fully saturated rings. The number of rotatable bonds is 1. The fourth-order valence-corrected chi connectivity index (χ4v) is 4.02. The monoisotopic (exact) mass is 253 g/mol. The lowest BCUT2D eigenvalue weighted by molar-refractivity contribution is 0.0815. The number of nitrogens with one attached hydrogen (secondary N) is 1. The number of hydrogen-bond donors (Lipinski definition) is 1. The summed E-state index contributed by atoms with van der Waals surface area (Å²) in [4.78, 5) is 7.30. The largest absolute Gasteiger partial charge is 0.361 e. The molecule has 3 saturated heterocycles. The van der Waals surface area contributed by atoms with E-state index in [0.29, 0.717) is 11.5 Å². The second kappa shape index (κ2) is 4.47. The minimum absolute atomic E-state index is 0.380. The van der Waals surface area contributed by atoms with Crippen molar-refractivity contribution in [2.75, 3.05) is 31.9 Å². The van der Waals surface area contributed by atoms with E-state index in [4.69, 9.17) is 4.99 Å². The molecule has 0 aromatic rings. The van der Waals surface area contributed by atoms with E-state index in [-0.39, 0.29) is 0 Å². The quantitative estimate of drug-likeness (QED) is 0.772. The zero-order valence-corrected chi connectivity index (χ0v) is 11.7. The third kappa shape index (κ3) is 2.63. The Morgan fingerprint density at radius 3 is 2.65 bits per heavy atom. The van der Waals surface area contributed by atoms with Gasteiger partial charge in [0.1, 0.15) is 0 Å². The molecule has 0 radical (unpaired) electrons. The fourth-order valence-electron chi connectivity index (χ4n) is 3.02. The molecule has 0 amide bonds. The molecule has 0 aliphatic carbocycles. The summed E-state index contributed by atoms with van der Waals surface area (Å²) < 4.78 is 0. The van der Waals surface area contributed by atoms with Gasteiger partial charge in [-0.2, -0.15) is 0 Å². The van der Waals surface area contributed by atoms with E-state index in [1.165, 1.54) is 43.4 Å². The topological polar surface area (TPSA) is 27.6 Å². The highest BCUT2D eigenvalue weighted by Gasteiger charge is 2.35. The predicted octanol–water partition coefficient (Wildman–Crippen LogP) is 1.80. The number of hydrogen-bond acceptors (Lipinski definition) is 4. The van der Waals surface area contributed by atoms with Crippen LogP contribution in [-0.4, -0.2) is 48.0 Å². The minimum Gasteiger partial charge on any atom is -0.361 e. The number of amidine groups is 1. The van der Waals surface area contributed by atoms with Crippen LogP contribution in [0.3, 0.4) is 0 Å². The van der Waals surface area contributed by atoms with E-state index in [1.807, 2.05) is 11.8 Å². The molecular formula is C13H23N3S. The molecule has 0 saturated carbocycles. The van der Waals surface area contributed by atoms with Crippen molar-refractivity contribution in [3.63, 3.8) is 0 Å². The lowest BCUT2D eigenvalue weighted by Crippen LogP contribution is -2.57. The van der Waals surface area contributed by atoms with Gasteiger partial charge in [-0.3, -0.25) is 4.99 Å². The first kappa shape index (κ1) is 11.8. The Hall–Kier alpha value is -0.220. The lowest BCUT2D eigenvalue weighted by Gasteiger charge is -2.45. The second-order valence-corrected chi connectivity index (χ2v) is 7.43. The molecule has 1 unspecified atom stereocenters. The van der Waals surface area contributed by atoms with Gasteiger partial charge in [0.2, 0.25) is 0 Å². The normalized spacial score (nSPS) is 39.9. The van der Waals surface area contributed by atoms with Crippen LogP contribution in [0.4, 0.5) is 0 Å². The standard InChI is InChI=1S/C13H23N3S/c1-13(2)8-14-12(17-9-13)15-11-7-16-5-3-10(11)4-6-16/h10-11H,3-9H2,1-2H3,(H,14,15). The molecule has 4 heterocycles. The number of fused-ring (bicyclic) bond motifs is 3. The Labute approximate surface area is 108 Å². The van der Waals surface area contributed by atoms with E-state index in [0.717, 1.165) is 12.5 Å². The van der Waals surface area contributed by atoms with E-state index in [2.05, 4.69) is 24.1 Å². The molecule has 0 spiro atoms. The van der Waals surface area contributed by atoms with Crippen LogP contribution in [0, 0.1) is 11.3 Å². The molecule has 2 bridgehead atoms. The van der Waals surface area contributed by atoms with Crippen LogP contribution in [0.1, 0.15) is 26.7 Å². The number of thioether (sulfide) groups is 1. The Morgan fingerprint density at radius 1 is 1.35 bits per heavy atom. The highest BCUT2D eigenvalue weighted by Crippen LogP contribution is 2.30. The van der Waals surface area contributed by atoms with Crippen molar-refractivity contribution in [1.82, 2.24) is 10.2 Å². The van der Waals surface area contributed by atoms with Crippen molar-refractivity contribution in [2.45, 2.75) is 32.7 Å². The maximum Gasteiger partial charge on any atom is 0.156 e. The highest BCUT2D eigenvalue weighted by atomic mass is 32.2. The Kier molecular flexibility index (Phi) is 3.11. The zero-order chi connectivity index (χ0) is 11.9. The molecule has 0 aromatic heterocycles. The highest BCUT2D eigenvalue weighted by molar-refractivity contribution is 8.13. The molecule has 4 aliphatic heterocycles. The van der Waals surface area contributed by atoms with Crippen LogP contribution in [-0.2, 0) is 0 Å². The lowest BCUT2D eigenvalue weighted by atomic mass is 9.84. The minimum atomic E-state index is 0.380. The SMILES string of the molecule is CC1(C)CN=C(NC2CN3CCC2CC3)SC1. The third-order valence-electron chi connectivity index (χ3n) is 4.22. The van der Waals surface area contributed by atoms with Crippen LogP contribution in [0.2, 0.25) is 0 Å². The Morgan fingerprint density at radius 2 is 2.12 bits per heavy atom. The van der Waals surface area contributed by atoms with Crippen molar-refractivity contribution >= 4 is 16.9 Å². The van der Waals surface area contributed by atoms with Gasteiger partial charge in [0, 0.05) is 24.9 Å². The summed E-state index contributed by atoms with van der Waals surface area (Å²) >= 11 is 1.91. The molecule has 1 atom stereocenters. The first-order valence-corrected chi connectivity index (χ1v) is 7.77. The van der Waals surface area contributed by atoms with Gasteiger partial charge in [-0.05, 0) is 37.3 Å². The van der Waals surface area contributed by atoms with Gasteiger partial charge < -0.3 is 10.2 Å². The summed E-state index contributed by atoms with van der Waals surface area (Å²) in [7, 11) is 0. The van der Waals surface area contributed by atoms with Crippen LogP contribution < -0.4 is 5.32 Å². The van der Waals surface area contributed by atoms with Crippen molar-refractivity contribution in [3.8, 4) is 0 Å². The first-order valence-electron chi connectivity index (χ1n) is 6.79. The van der Waals surface area contributed by atoms with Gasteiger partial charge in [-0.1, -0.05) is 25.6 Å². The molecule has 17 heavy (non-hydrogen) atoms. The Balaban J connectivity index is 1.59. The van der Waals surface area contributed by atoms with Gasteiger partial charge in [0.25, 0.3) is 0 Å². The number of piperidine rings is 3. The molecular weight excluding hydrogens is 230 g/mol. The molecule has 4 heteroatoms. The predicted molar refractivity (Wildman–Crippen MR) is 74.6 cm³/mol. The average molecular weight is 253 g/mol. The van der Waals surface area contributed by atoms with Crippen molar-refractivity contribution in [3.05, 3.63) is 0 Å². The first-order chi connectivity index (χ1) is 8.12. The summed E-state index contributed by atoms with van der Waals surface area (Å²) in [5, 5.41) is 4.90. The number of aliphatic imine (C=N–C) groups is 1. The van der Waals surface area contributed by atoms with Crippen LogP contribution in [0.25, 0.3) is 0 Å². The second-order valence-electron chi connectivity index (χ2n) is 6.46. The smallest absolute Gasteiger partial charge is 0.156 e. The van der Waals surface area contributed by atoms with Crippen molar-refractivity contribution in [2.24, 2.45) is 16.3 Å². The fraction of sp³-hybridized carbons (Fsp3) is 0.923. The van der Waals surface area contributed by atoms with Gasteiger partial charge >= 0.3 is 0 Å². The zero-order valence-electron chi connectivity index (χ0n) is 10.9. The van der Waals surface area contributed by atoms with E-state index in [9.17, 15) is 0 Å². The maximum atomic E-state index is 4.71. The van der Waals surface area contributed by atoms with Crippen LogP contribution in [0.5, 0.6) is 0 Å². The molecule has 4 aliphatic rings. The summed E-state index contributed by atoms with van der Waals surface area (Å²) in [6, 6.07) is 0.657. The van der Waals surface area contributed by atoms with Gasteiger partial charge in [-0.25, -0.2) is 0 Å². The van der Waals surface area contributed by atoms with E-state index < -0.39 is 0 Å². The Bertz CT molecular complexity index is 319. The molecule has 0 aromatic carbocycles. The summed E-state index contributed by atoms with van der Waals surface area (Å²) in [5.74, 6) is 2.08. The number of nitrogens with zero attached hydrogens (tertiary/aromatic N) is 2. The van der Waals surface area contributed by atoms with E-state index >= 15 is 0 Å². The summed E-state index contributed by atoms with van der Waals surface area (Å²) in [6.07, 6.45) is 2.75. The summed E-state index contributed by atoms with van der Waals surface area (Å²) in [6.45, 7) is 9.44. The van der Waals surface area contributed by atoms with Gasteiger partial charge in [0.15, 0.2) is 5.17 Å². The van der Waals surface area contributed by atoms with E-state index in [1.54, 1.807) is 0 Å². The van der Waals surface area contributed by atoms with Gasteiger partial charge in [-0.15, -0.1) is 0 Å². The molecule has 1 N–H and O–H groups in total. The van der Waals surface area contributed by atoms with Crippen molar-refractivity contribution < 1.29 is 0 Å².